The summed E-state index contributed by atoms with van der Waals surface area (Å²) in [6.07, 6.45) is 7.10. The van der Waals surface area contributed by atoms with E-state index in [9.17, 15) is 9.18 Å². The Bertz CT molecular complexity index is 795. The number of halogens is 2. The smallest absolute Gasteiger partial charge is 0.228 e. The quantitative estimate of drug-likeness (QED) is 0.784. The predicted octanol–water partition coefficient (Wildman–Crippen LogP) is 3.68. The van der Waals surface area contributed by atoms with Crippen molar-refractivity contribution in [2.75, 3.05) is 18.0 Å². The van der Waals surface area contributed by atoms with E-state index < -0.39 is 0 Å². The maximum absolute atomic E-state index is 14.2. The number of anilines is 1. The number of rotatable bonds is 5. The highest BCUT2D eigenvalue weighted by Gasteiger charge is 2.38. The van der Waals surface area contributed by atoms with Gasteiger partial charge < -0.3 is 9.80 Å². The molecule has 1 unspecified atom stereocenters. The summed E-state index contributed by atoms with van der Waals surface area (Å²) >= 11 is 6.19. The molecule has 0 N–H and O–H groups in total. The van der Waals surface area contributed by atoms with Gasteiger partial charge in [-0.05, 0) is 43.9 Å². The molecular formula is C20H22ClFN4O. The number of carbonyl (C=O) groups is 1. The molecule has 1 saturated carbocycles. The van der Waals surface area contributed by atoms with E-state index in [-0.39, 0.29) is 30.2 Å². The fourth-order valence-corrected chi connectivity index (χ4v) is 3.90. The molecule has 1 aromatic heterocycles. The predicted molar refractivity (Wildman–Crippen MR) is 102 cm³/mol. The van der Waals surface area contributed by atoms with E-state index in [1.165, 1.54) is 6.07 Å². The normalized spacial score (nSPS) is 19.8. The Morgan fingerprint density at radius 1 is 1.22 bits per heavy atom. The molecule has 7 heteroatoms. The van der Waals surface area contributed by atoms with E-state index in [1.54, 1.807) is 30.6 Å². The first-order valence-electron chi connectivity index (χ1n) is 9.39. The highest BCUT2D eigenvalue weighted by molar-refractivity contribution is 6.31. The van der Waals surface area contributed by atoms with Crippen LogP contribution in [-0.2, 0) is 11.3 Å². The van der Waals surface area contributed by atoms with Gasteiger partial charge in [-0.1, -0.05) is 17.7 Å². The Balaban J connectivity index is 1.50. The molecule has 142 valence electrons. The van der Waals surface area contributed by atoms with Gasteiger partial charge >= 0.3 is 0 Å². The lowest BCUT2D eigenvalue weighted by Crippen LogP contribution is -2.46. The number of benzene rings is 1. The van der Waals surface area contributed by atoms with Crippen LogP contribution in [0.25, 0.3) is 0 Å². The zero-order valence-electron chi connectivity index (χ0n) is 15.0. The van der Waals surface area contributed by atoms with E-state index in [2.05, 4.69) is 14.9 Å². The largest absolute Gasteiger partial charge is 0.340 e. The molecule has 0 bridgehead atoms. The number of aromatic nitrogens is 2. The van der Waals surface area contributed by atoms with Crippen molar-refractivity contribution >= 4 is 23.5 Å². The van der Waals surface area contributed by atoms with Crippen LogP contribution in [0.15, 0.2) is 36.7 Å². The Labute approximate surface area is 163 Å². The third-order valence-corrected chi connectivity index (χ3v) is 5.62. The molecule has 4 rings (SSSR count). The molecule has 0 spiro atoms. The van der Waals surface area contributed by atoms with Crippen LogP contribution in [0.4, 0.5) is 10.3 Å². The van der Waals surface area contributed by atoms with E-state index >= 15 is 0 Å². The van der Waals surface area contributed by atoms with Gasteiger partial charge in [-0.2, -0.15) is 0 Å². The van der Waals surface area contributed by atoms with E-state index in [1.807, 2.05) is 4.90 Å². The molecule has 1 aromatic carbocycles. The molecule has 2 fully saturated rings. The van der Waals surface area contributed by atoms with Crippen LogP contribution in [0.3, 0.4) is 0 Å². The van der Waals surface area contributed by atoms with Crippen molar-refractivity contribution < 1.29 is 9.18 Å². The van der Waals surface area contributed by atoms with Gasteiger partial charge in [-0.3, -0.25) is 4.79 Å². The fraction of sp³-hybridized carbons (Fsp3) is 0.450. The number of amides is 1. The Hall–Kier alpha value is -2.21. The van der Waals surface area contributed by atoms with Crippen LogP contribution in [0, 0.1) is 11.7 Å². The summed E-state index contributed by atoms with van der Waals surface area (Å²) in [5, 5.41) is 0.372. The van der Waals surface area contributed by atoms with Crippen molar-refractivity contribution in [3.05, 3.63) is 53.1 Å². The van der Waals surface area contributed by atoms with Crippen LogP contribution in [0.1, 0.15) is 31.2 Å². The fourth-order valence-electron chi connectivity index (χ4n) is 3.68. The van der Waals surface area contributed by atoms with Crippen molar-refractivity contribution in [1.82, 2.24) is 14.9 Å². The topological polar surface area (TPSA) is 49.3 Å². The van der Waals surface area contributed by atoms with Crippen molar-refractivity contribution in [2.45, 2.75) is 38.3 Å². The zero-order valence-corrected chi connectivity index (χ0v) is 15.8. The Morgan fingerprint density at radius 2 is 2.00 bits per heavy atom. The Morgan fingerprint density at radius 3 is 2.70 bits per heavy atom. The first-order valence-corrected chi connectivity index (χ1v) is 9.76. The van der Waals surface area contributed by atoms with Crippen molar-refractivity contribution in [3.63, 3.8) is 0 Å². The summed E-state index contributed by atoms with van der Waals surface area (Å²) in [5.74, 6) is 0.250. The second-order valence-electron chi connectivity index (χ2n) is 7.23. The number of nitrogens with zero attached hydrogens (tertiary/aromatic N) is 4. The highest BCUT2D eigenvalue weighted by Crippen LogP contribution is 2.33. The van der Waals surface area contributed by atoms with Crippen LogP contribution < -0.4 is 4.90 Å². The summed E-state index contributed by atoms with van der Waals surface area (Å²) in [4.78, 5) is 25.8. The average molecular weight is 389 g/mol. The lowest BCUT2D eigenvalue weighted by Gasteiger charge is -2.35. The Kier molecular flexibility index (Phi) is 5.25. The average Bonchev–Trinajstić information content (AvgIpc) is 3.53. The molecule has 1 amide bonds. The maximum atomic E-state index is 14.2. The number of hydrogen-bond acceptors (Lipinski definition) is 4. The minimum absolute atomic E-state index is 0.0810. The van der Waals surface area contributed by atoms with E-state index in [4.69, 9.17) is 11.6 Å². The van der Waals surface area contributed by atoms with Crippen LogP contribution >= 0.6 is 11.6 Å². The molecule has 1 aliphatic heterocycles. The van der Waals surface area contributed by atoms with Gasteiger partial charge in [0.2, 0.25) is 11.9 Å². The monoisotopic (exact) mass is 388 g/mol. The molecule has 2 aromatic rings. The van der Waals surface area contributed by atoms with Crippen LogP contribution in [0.5, 0.6) is 0 Å². The summed E-state index contributed by atoms with van der Waals surface area (Å²) in [7, 11) is 0. The molecule has 1 saturated heterocycles. The van der Waals surface area contributed by atoms with Gasteiger partial charge in [0, 0.05) is 42.1 Å². The SMILES string of the molecule is O=C(C1CCCN(c2ncccn2)C1)N(Cc1c(F)cccc1Cl)C1CC1. The molecule has 27 heavy (non-hydrogen) atoms. The van der Waals surface area contributed by atoms with Crippen molar-refractivity contribution in [3.8, 4) is 0 Å². The molecule has 2 aliphatic rings. The first kappa shape index (κ1) is 18.2. The summed E-state index contributed by atoms with van der Waals surface area (Å²) in [6.45, 7) is 1.67. The molecule has 1 aliphatic carbocycles. The van der Waals surface area contributed by atoms with E-state index in [0.29, 0.717) is 23.1 Å². The third-order valence-electron chi connectivity index (χ3n) is 5.27. The lowest BCUT2D eigenvalue weighted by molar-refractivity contribution is -0.137. The number of piperidine rings is 1. The zero-order chi connectivity index (χ0) is 18.8. The summed E-state index contributed by atoms with van der Waals surface area (Å²) < 4.78 is 14.2. The van der Waals surface area contributed by atoms with Crippen molar-refractivity contribution in [2.24, 2.45) is 5.92 Å². The third kappa shape index (κ3) is 4.05. The molecule has 5 nitrogen and oxygen atoms in total. The van der Waals surface area contributed by atoms with Gasteiger partial charge in [0.15, 0.2) is 0 Å². The van der Waals surface area contributed by atoms with E-state index in [0.717, 1.165) is 32.2 Å². The summed E-state index contributed by atoms with van der Waals surface area (Å²) in [6, 6.07) is 6.62. The van der Waals surface area contributed by atoms with Crippen molar-refractivity contribution in [1.29, 1.82) is 0 Å². The second-order valence-corrected chi connectivity index (χ2v) is 7.64. The minimum atomic E-state index is -0.357. The molecule has 1 atom stereocenters. The molecule has 2 heterocycles. The van der Waals surface area contributed by atoms with Gasteiger partial charge in [0.25, 0.3) is 0 Å². The van der Waals surface area contributed by atoms with Gasteiger partial charge in [0.1, 0.15) is 5.82 Å². The van der Waals surface area contributed by atoms with Gasteiger partial charge in [-0.15, -0.1) is 0 Å². The first-order chi connectivity index (χ1) is 13.1. The number of hydrogen-bond donors (Lipinski definition) is 0. The lowest BCUT2D eigenvalue weighted by atomic mass is 9.96. The highest BCUT2D eigenvalue weighted by atomic mass is 35.5. The van der Waals surface area contributed by atoms with Gasteiger partial charge in [-0.25, -0.2) is 14.4 Å². The second kappa shape index (κ2) is 7.80. The summed E-state index contributed by atoms with van der Waals surface area (Å²) in [5.41, 5.74) is 0.401. The minimum Gasteiger partial charge on any atom is -0.340 e. The van der Waals surface area contributed by atoms with Gasteiger partial charge in [0.05, 0.1) is 12.5 Å². The molecular weight excluding hydrogens is 367 g/mol. The van der Waals surface area contributed by atoms with Crippen LogP contribution in [0.2, 0.25) is 5.02 Å². The van der Waals surface area contributed by atoms with Crippen LogP contribution in [-0.4, -0.2) is 39.9 Å². The standard InChI is InChI=1S/C20H22ClFN4O/c21-17-5-1-6-18(22)16(17)13-26(15-7-8-15)19(27)14-4-2-11-25(12-14)20-23-9-3-10-24-20/h1,3,5-6,9-10,14-15H,2,4,7-8,11-13H2. The molecule has 0 radical (unpaired) electrons. The number of carbonyl (C=O) groups excluding carboxylic acids is 1. The maximum Gasteiger partial charge on any atom is 0.228 e.